The fraction of sp³-hybridized carbons (Fsp3) is 0.448. The Kier molecular flexibility index (Phi) is 9.52. The van der Waals surface area contributed by atoms with Crippen molar-refractivity contribution in [1.29, 1.82) is 0 Å². The van der Waals surface area contributed by atoms with Gasteiger partial charge in [0, 0.05) is 45.4 Å². The number of ether oxygens (including phenoxy) is 3. The topological polar surface area (TPSA) is 122 Å². The SMILES string of the molecule is CCCOc1cc(OCCCCN(C)C)cc(Oc2cc3c(cc2NS(=O)(=O)c2cnn(C)c2C)n(C)c(=O)n3C)c1. The van der Waals surface area contributed by atoms with Crippen LogP contribution in [0.1, 0.15) is 31.9 Å². The van der Waals surface area contributed by atoms with Crippen molar-refractivity contribution in [2.75, 3.05) is 38.6 Å². The number of sulfonamides is 1. The van der Waals surface area contributed by atoms with Crippen LogP contribution in [0.25, 0.3) is 11.0 Å². The minimum Gasteiger partial charge on any atom is -0.493 e. The first kappa shape index (κ1) is 31.0. The number of unbranched alkanes of at least 4 members (excludes halogenated alkanes) is 1. The van der Waals surface area contributed by atoms with E-state index in [1.807, 2.05) is 27.1 Å². The maximum absolute atomic E-state index is 13.4. The number of nitrogens with one attached hydrogen (secondary N) is 1. The highest BCUT2D eigenvalue weighted by Gasteiger charge is 2.24. The van der Waals surface area contributed by atoms with Crippen LogP contribution in [0.4, 0.5) is 5.69 Å². The molecule has 0 unspecified atom stereocenters. The lowest BCUT2D eigenvalue weighted by atomic mass is 10.2. The zero-order chi connectivity index (χ0) is 30.6. The van der Waals surface area contributed by atoms with E-state index >= 15 is 0 Å². The largest absolute Gasteiger partial charge is 0.493 e. The Balaban J connectivity index is 1.73. The molecule has 0 bridgehead atoms. The number of hydrogen-bond donors (Lipinski definition) is 1. The van der Waals surface area contributed by atoms with Gasteiger partial charge in [0.25, 0.3) is 10.0 Å². The van der Waals surface area contributed by atoms with E-state index in [4.69, 9.17) is 14.2 Å². The van der Waals surface area contributed by atoms with Crippen molar-refractivity contribution < 1.29 is 22.6 Å². The quantitative estimate of drug-likeness (QED) is 0.216. The minimum absolute atomic E-state index is 0.0397. The lowest BCUT2D eigenvalue weighted by molar-refractivity contribution is 0.285. The van der Waals surface area contributed by atoms with Crippen LogP contribution in [0.15, 0.2) is 46.2 Å². The number of benzene rings is 2. The zero-order valence-corrected chi connectivity index (χ0v) is 26.1. The molecule has 228 valence electrons. The number of anilines is 1. The molecule has 0 saturated heterocycles. The van der Waals surface area contributed by atoms with Crippen molar-refractivity contribution in [1.82, 2.24) is 23.8 Å². The van der Waals surface area contributed by atoms with Crippen molar-refractivity contribution in [3.8, 4) is 23.0 Å². The summed E-state index contributed by atoms with van der Waals surface area (Å²) in [5.41, 5.74) is 1.51. The van der Waals surface area contributed by atoms with Crippen LogP contribution in [-0.2, 0) is 31.2 Å². The van der Waals surface area contributed by atoms with Gasteiger partial charge in [-0.15, -0.1) is 0 Å². The third-order valence-corrected chi connectivity index (χ3v) is 8.39. The second kappa shape index (κ2) is 12.9. The summed E-state index contributed by atoms with van der Waals surface area (Å²) in [5.74, 6) is 1.74. The van der Waals surface area contributed by atoms with Crippen LogP contribution in [0.2, 0.25) is 0 Å². The molecule has 42 heavy (non-hydrogen) atoms. The number of aromatic nitrogens is 4. The number of rotatable bonds is 14. The summed E-state index contributed by atoms with van der Waals surface area (Å²) in [4.78, 5) is 14.9. The molecule has 0 saturated carbocycles. The molecule has 0 fully saturated rings. The van der Waals surface area contributed by atoms with Gasteiger partial charge in [0.15, 0.2) is 5.75 Å². The first-order chi connectivity index (χ1) is 19.9. The molecule has 2 aromatic carbocycles. The first-order valence-electron chi connectivity index (χ1n) is 13.9. The van der Waals surface area contributed by atoms with Gasteiger partial charge in [-0.1, -0.05) is 6.92 Å². The molecule has 0 amide bonds. The third-order valence-electron chi connectivity index (χ3n) is 6.92. The average molecular weight is 601 g/mol. The van der Waals surface area contributed by atoms with E-state index in [1.54, 1.807) is 52.3 Å². The summed E-state index contributed by atoms with van der Waals surface area (Å²) in [7, 11) is 4.99. The Labute approximate surface area is 246 Å². The van der Waals surface area contributed by atoms with E-state index in [-0.39, 0.29) is 22.0 Å². The molecule has 1 N–H and O–H groups in total. The number of aryl methyl sites for hydroxylation is 3. The Morgan fingerprint density at radius 3 is 2.12 bits per heavy atom. The Hall–Kier alpha value is -3.97. The van der Waals surface area contributed by atoms with Gasteiger partial charge in [-0.05, 0) is 52.9 Å². The van der Waals surface area contributed by atoms with E-state index in [9.17, 15) is 13.2 Å². The fourth-order valence-electron chi connectivity index (χ4n) is 4.47. The maximum atomic E-state index is 13.4. The molecule has 0 aliphatic rings. The molecule has 0 radical (unpaired) electrons. The average Bonchev–Trinajstić information content (AvgIpc) is 3.38. The molecule has 2 heterocycles. The lowest BCUT2D eigenvalue weighted by Crippen LogP contribution is -2.19. The van der Waals surface area contributed by atoms with Crippen molar-refractivity contribution >= 4 is 26.7 Å². The van der Waals surface area contributed by atoms with Crippen molar-refractivity contribution in [3.05, 3.63) is 52.7 Å². The summed E-state index contributed by atoms with van der Waals surface area (Å²) >= 11 is 0. The summed E-state index contributed by atoms with van der Waals surface area (Å²) in [6.07, 6.45) is 4.00. The van der Waals surface area contributed by atoms with E-state index in [0.717, 1.165) is 25.8 Å². The van der Waals surface area contributed by atoms with Crippen LogP contribution in [0.3, 0.4) is 0 Å². The van der Waals surface area contributed by atoms with Crippen LogP contribution in [0.5, 0.6) is 23.0 Å². The van der Waals surface area contributed by atoms with Crippen LogP contribution >= 0.6 is 0 Å². The Bertz CT molecular complexity index is 1720. The second-order valence-corrected chi connectivity index (χ2v) is 12.2. The Morgan fingerprint density at radius 2 is 1.52 bits per heavy atom. The standard InChI is InChI=1S/C29H40N6O6S/c1-8-12-39-21-14-22(40-13-10-9-11-32(3)4)16-23(15-21)41-27-18-26-25(33(5)29(36)34(26)6)17-24(27)31-42(37,38)28-19-30-35(7)20(28)2/h14-19,31H,8-13H2,1-7H3. The van der Waals surface area contributed by atoms with Crippen LogP contribution < -0.4 is 24.6 Å². The summed E-state index contributed by atoms with van der Waals surface area (Å²) in [5, 5.41) is 4.07. The highest BCUT2D eigenvalue weighted by Crippen LogP contribution is 2.38. The number of fused-ring (bicyclic) bond motifs is 1. The second-order valence-electron chi connectivity index (χ2n) is 10.5. The lowest BCUT2D eigenvalue weighted by Gasteiger charge is -2.16. The Morgan fingerprint density at radius 1 is 0.905 bits per heavy atom. The number of hydrogen-bond acceptors (Lipinski definition) is 8. The number of imidazole rings is 1. The predicted molar refractivity (Wildman–Crippen MR) is 162 cm³/mol. The van der Waals surface area contributed by atoms with Gasteiger partial charge in [-0.25, -0.2) is 13.2 Å². The molecule has 0 aliphatic carbocycles. The highest BCUT2D eigenvalue weighted by atomic mass is 32.2. The normalized spacial score (nSPS) is 11.8. The monoisotopic (exact) mass is 600 g/mol. The summed E-state index contributed by atoms with van der Waals surface area (Å²) in [6.45, 7) is 5.70. The maximum Gasteiger partial charge on any atom is 0.328 e. The van der Waals surface area contributed by atoms with Crippen molar-refractivity contribution in [2.45, 2.75) is 38.0 Å². The van der Waals surface area contributed by atoms with Gasteiger partial charge < -0.3 is 19.1 Å². The van der Waals surface area contributed by atoms with E-state index in [0.29, 0.717) is 47.2 Å². The summed E-state index contributed by atoms with van der Waals surface area (Å²) in [6, 6.07) is 8.52. The molecule has 13 heteroatoms. The molecule has 0 atom stereocenters. The smallest absolute Gasteiger partial charge is 0.328 e. The van der Waals surface area contributed by atoms with E-state index < -0.39 is 10.0 Å². The van der Waals surface area contributed by atoms with E-state index in [1.165, 1.54) is 20.0 Å². The molecule has 0 aliphatic heterocycles. The molecule has 12 nitrogen and oxygen atoms in total. The molecule has 4 aromatic rings. The van der Waals surface area contributed by atoms with Gasteiger partial charge in [0.2, 0.25) is 0 Å². The highest BCUT2D eigenvalue weighted by molar-refractivity contribution is 7.92. The van der Waals surface area contributed by atoms with Gasteiger partial charge >= 0.3 is 5.69 Å². The van der Waals surface area contributed by atoms with Gasteiger partial charge in [0.1, 0.15) is 22.1 Å². The van der Waals surface area contributed by atoms with Gasteiger partial charge in [-0.3, -0.25) is 18.5 Å². The molecule has 2 aromatic heterocycles. The summed E-state index contributed by atoms with van der Waals surface area (Å²) < 4.78 is 52.2. The fourth-order valence-corrected chi connectivity index (χ4v) is 5.74. The molecular weight excluding hydrogens is 560 g/mol. The molecular formula is C29H40N6O6S. The first-order valence-corrected chi connectivity index (χ1v) is 15.3. The van der Waals surface area contributed by atoms with Gasteiger partial charge in [0.05, 0.1) is 41.8 Å². The molecule has 4 rings (SSSR count). The van der Waals surface area contributed by atoms with Crippen molar-refractivity contribution in [2.24, 2.45) is 21.1 Å². The zero-order valence-electron chi connectivity index (χ0n) is 25.3. The van der Waals surface area contributed by atoms with Gasteiger partial charge in [-0.2, -0.15) is 5.10 Å². The minimum atomic E-state index is -4.04. The van der Waals surface area contributed by atoms with Crippen LogP contribution in [0, 0.1) is 6.92 Å². The molecule has 0 spiro atoms. The van der Waals surface area contributed by atoms with Crippen LogP contribution in [-0.4, -0.2) is 66.1 Å². The van der Waals surface area contributed by atoms with Crippen molar-refractivity contribution in [3.63, 3.8) is 0 Å². The number of nitrogens with zero attached hydrogens (tertiary/aromatic N) is 5. The predicted octanol–water partition coefficient (Wildman–Crippen LogP) is 4.02. The van der Waals surface area contributed by atoms with E-state index in [2.05, 4.69) is 14.7 Å². The third kappa shape index (κ3) is 6.90.